The Bertz CT molecular complexity index is 318. The van der Waals surface area contributed by atoms with Crippen molar-refractivity contribution in [3.8, 4) is 0 Å². The normalized spacial score (nSPS) is 10.5. The molecule has 1 aromatic carbocycles. The van der Waals surface area contributed by atoms with E-state index in [1.807, 2.05) is 6.92 Å². The van der Waals surface area contributed by atoms with Crippen LogP contribution in [0.2, 0.25) is 5.02 Å². The lowest BCUT2D eigenvalue weighted by atomic mass is 10.0. The molecule has 0 saturated carbocycles. The molecule has 1 nitrogen and oxygen atoms in total. The van der Waals surface area contributed by atoms with Gasteiger partial charge < -0.3 is 5.73 Å². The Balaban J connectivity index is 3.56. The Hall–Kier alpha value is -0.760. The average Bonchev–Trinajstić information content (AvgIpc) is 2.13. The molecule has 0 bridgehead atoms. The predicted molar refractivity (Wildman–Crippen MR) is 54.7 cm³/mol. The van der Waals surface area contributed by atoms with E-state index >= 15 is 0 Å². The van der Waals surface area contributed by atoms with Gasteiger partial charge in [0.25, 0.3) is 0 Å². The second-order valence-corrected chi connectivity index (χ2v) is 3.50. The number of benzene rings is 1. The number of nitrogen functional groups attached to an aromatic ring is 1. The maximum Gasteiger partial charge on any atom is 0.130 e. The monoisotopic (exact) mass is 201 g/mol. The van der Waals surface area contributed by atoms with E-state index in [1.54, 1.807) is 13.8 Å². The maximum atomic E-state index is 13.5. The Morgan fingerprint density at radius 2 is 1.85 bits per heavy atom. The fourth-order valence-electron chi connectivity index (χ4n) is 1.50. The van der Waals surface area contributed by atoms with E-state index in [2.05, 4.69) is 0 Å². The summed E-state index contributed by atoms with van der Waals surface area (Å²) in [7, 11) is 0. The predicted octanol–water partition coefficient (Wildman–Crippen LogP) is 3.24. The van der Waals surface area contributed by atoms with Crippen LogP contribution < -0.4 is 5.73 Å². The molecule has 0 aromatic heterocycles. The summed E-state index contributed by atoms with van der Waals surface area (Å²) in [5.74, 6) is -0.240. The van der Waals surface area contributed by atoms with E-state index in [9.17, 15) is 4.39 Å². The Morgan fingerprint density at radius 3 is 2.31 bits per heavy atom. The minimum absolute atomic E-state index is 0.240. The van der Waals surface area contributed by atoms with Gasteiger partial charge in [0.1, 0.15) is 5.82 Å². The first kappa shape index (κ1) is 10.3. The number of rotatable bonds is 1. The molecule has 0 aliphatic heterocycles. The fraction of sp³-hybridized carbons (Fsp3) is 0.400. The molecular formula is C10H13ClFN. The Morgan fingerprint density at radius 1 is 1.31 bits per heavy atom. The second kappa shape index (κ2) is 3.54. The quantitative estimate of drug-likeness (QED) is 0.694. The molecule has 0 aliphatic rings. The third kappa shape index (κ3) is 1.51. The SMILES string of the molecule is CCc1c(C)c(F)c(C)c(Cl)c1N. The van der Waals surface area contributed by atoms with E-state index in [1.165, 1.54) is 0 Å². The molecule has 0 fully saturated rings. The number of halogens is 2. The van der Waals surface area contributed by atoms with Gasteiger partial charge in [0, 0.05) is 5.56 Å². The van der Waals surface area contributed by atoms with Gasteiger partial charge in [-0.3, -0.25) is 0 Å². The summed E-state index contributed by atoms with van der Waals surface area (Å²) in [4.78, 5) is 0. The molecule has 0 amide bonds. The molecular weight excluding hydrogens is 189 g/mol. The van der Waals surface area contributed by atoms with Crippen molar-refractivity contribution < 1.29 is 4.39 Å². The van der Waals surface area contributed by atoms with Crippen LogP contribution in [0.4, 0.5) is 10.1 Å². The molecule has 0 aliphatic carbocycles. The van der Waals surface area contributed by atoms with Gasteiger partial charge in [-0.05, 0) is 31.4 Å². The van der Waals surface area contributed by atoms with Gasteiger partial charge in [0.2, 0.25) is 0 Å². The molecule has 0 radical (unpaired) electrons. The summed E-state index contributed by atoms with van der Waals surface area (Å²) in [6, 6.07) is 0. The highest BCUT2D eigenvalue weighted by Gasteiger charge is 2.14. The molecule has 3 heteroatoms. The van der Waals surface area contributed by atoms with Crippen LogP contribution in [-0.2, 0) is 6.42 Å². The van der Waals surface area contributed by atoms with Gasteiger partial charge in [-0.1, -0.05) is 18.5 Å². The van der Waals surface area contributed by atoms with E-state index in [0.29, 0.717) is 28.3 Å². The van der Waals surface area contributed by atoms with Crippen LogP contribution in [-0.4, -0.2) is 0 Å². The van der Waals surface area contributed by atoms with Crippen LogP contribution in [0.5, 0.6) is 0 Å². The van der Waals surface area contributed by atoms with E-state index in [4.69, 9.17) is 17.3 Å². The van der Waals surface area contributed by atoms with Crippen LogP contribution in [0.25, 0.3) is 0 Å². The molecule has 72 valence electrons. The molecule has 0 spiro atoms. The first-order valence-electron chi connectivity index (χ1n) is 4.23. The fourth-order valence-corrected chi connectivity index (χ4v) is 1.70. The highest BCUT2D eigenvalue weighted by molar-refractivity contribution is 6.34. The molecule has 2 N–H and O–H groups in total. The number of hydrogen-bond acceptors (Lipinski definition) is 1. The average molecular weight is 202 g/mol. The van der Waals surface area contributed by atoms with Crippen molar-refractivity contribution >= 4 is 17.3 Å². The minimum atomic E-state index is -0.240. The summed E-state index contributed by atoms with van der Waals surface area (Å²) in [6.45, 7) is 5.30. The van der Waals surface area contributed by atoms with Crippen LogP contribution in [0.1, 0.15) is 23.6 Å². The van der Waals surface area contributed by atoms with Crippen molar-refractivity contribution in [3.05, 3.63) is 27.5 Å². The largest absolute Gasteiger partial charge is 0.397 e. The third-order valence-corrected chi connectivity index (χ3v) is 2.84. The zero-order valence-corrected chi connectivity index (χ0v) is 8.80. The lowest BCUT2D eigenvalue weighted by Gasteiger charge is -2.13. The zero-order valence-electron chi connectivity index (χ0n) is 8.04. The highest BCUT2D eigenvalue weighted by atomic mass is 35.5. The van der Waals surface area contributed by atoms with E-state index < -0.39 is 0 Å². The second-order valence-electron chi connectivity index (χ2n) is 3.12. The molecule has 0 atom stereocenters. The van der Waals surface area contributed by atoms with Crippen molar-refractivity contribution in [3.63, 3.8) is 0 Å². The number of hydrogen-bond donors (Lipinski definition) is 1. The Labute approximate surface area is 82.7 Å². The minimum Gasteiger partial charge on any atom is -0.397 e. The topological polar surface area (TPSA) is 26.0 Å². The molecule has 13 heavy (non-hydrogen) atoms. The van der Waals surface area contributed by atoms with Gasteiger partial charge in [0.05, 0.1) is 10.7 Å². The van der Waals surface area contributed by atoms with E-state index in [-0.39, 0.29) is 5.82 Å². The lowest BCUT2D eigenvalue weighted by Crippen LogP contribution is -2.02. The summed E-state index contributed by atoms with van der Waals surface area (Å²) >= 11 is 5.87. The third-order valence-electron chi connectivity index (χ3n) is 2.36. The maximum absolute atomic E-state index is 13.5. The smallest absolute Gasteiger partial charge is 0.130 e. The first-order chi connectivity index (χ1) is 6.00. The molecule has 1 aromatic rings. The molecule has 0 saturated heterocycles. The van der Waals surface area contributed by atoms with Gasteiger partial charge in [-0.15, -0.1) is 0 Å². The highest BCUT2D eigenvalue weighted by Crippen LogP contribution is 2.32. The van der Waals surface area contributed by atoms with Gasteiger partial charge in [-0.2, -0.15) is 0 Å². The van der Waals surface area contributed by atoms with Crippen LogP contribution in [0, 0.1) is 19.7 Å². The summed E-state index contributed by atoms with van der Waals surface area (Å²) in [5, 5.41) is 0.347. The summed E-state index contributed by atoms with van der Waals surface area (Å²) < 4.78 is 13.5. The standard InChI is InChI=1S/C10H13ClFN/c1-4-7-5(2)9(12)6(3)8(11)10(7)13/h4,13H2,1-3H3. The zero-order chi connectivity index (χ0) is 10.2. The van der Waals surface area contributed by atoms with Gasteiger partial charge in [0.15, 0.2) is 0 Å². The van der Waals surface area contributed by atoms with Gasteiger partial charge >= 0.3 is 0 Å². The van der Waals surface area contributed by atoms with Crippen molar-refractivity contribution in [2.75, 3.05) is 5.73 Å². The number of anilines is 1. The first-order valence-corrected chi connectivity index (χ1v) is 4.61. The van der Waals surface area contributed by atoms with Crippen molar-refractivity contribution in [2.24, 2.45) is 0 Å². The molecule has 1 rings (SSSR count). The summed E-state index contributed by atoms with van der Waals surface area (Å²) in [6.07, 6.45) is 0.703. The molecule has 0 heterocycles. The van der Waals surface area contributed by atoms with Crippen LogP contribution in [0.15, 0.2) is 0 Å². The lowest BCUT2D eigenvalue weighted by molar-refractivity contribution is 0.607. The van der Waals surface area contributed by atoms with Crippen molar-refractivity contribution in [1.29, 1.82) is 0 Å². The molecule has 0 unspecified atom stereocenters. The van der Waals surface area contributed by atoms with Crippen molar-refractivity contribution in [2.45, 2.75) is 27.2 Å². The summed E-state index contributed by atoms with van der Waals surface area (Å²) in [5.41, 5.74) is 8.14. The van der Waals surface area contributed by atoms with Crippen LogP contribution in [0.3, 0.4) is 0 Å². The number of nitrogens with two attached hydrogens (primary N) is 1. The van der Waals surface area contributed by atoms with Crippen LogP contribution >= 0.6 is 11.6 Å². The van der Waals surface area contributed by atoms with E-state index in [0.717, 1.165) is 5.56 Å². The van der Waals surface area contributed by atoms with Gasteiger partial charge in [-0.25, -0.2) is 4.39 Å². The van der Waals surface area contributed by atoms with Crippen molar-refractivity contribution in [1.82, 2.24) is 0 Å². The Kier molecular flexibility index (Phi) is 2.81.